The number of hydrogen-bond donors (Lipinski definition) is 1. The number of nitrogens with two attached hydrogens (primary N) is 1. The lowest BCUT2D eigenvalue weighted by atomic mass is 10.1. The summed E-state index contributed by atoms with van der Waals surface area (Å²) >= 11 is 1.88. The molecule has 2 N–H and O–H groups in total. The predicted octanol–water partition coefficient (Wildman–Crippen LogP) is 2.72. The topological polar surface area (TPSA) is 35.2 Å². The van der Waals surface area contributed by atoms with Crippen molar-refractivity contribution in [2.45, 2.75) is 37.3 Å². The fourth-order valence-corrected chi connectivity index (χ4v) is 3.16. The third kappa shape index (κ3) is 3.00. The minimum Gasteiger partial charge on any atom is -0.377 e. The molecule has 0 aliphatic carbocycles. The van der Waals surface area contributed by atoms with Crippen molar-refractivity contribution < 1.29 is 4.74 Å². The van der Waals surface area contributed by atoms with Gasteiger partial charge in [0.15, 0.2) is 0 Å². The molecule has 3 heteroatoms. The monoisotopic (exact) mass is 237 g/mol. The van der Waals surface area contributed by atoms with E-state index in [9.17, 15) is 0 Å². The lowest BCUT2D eigenvalue weighted by Gasteiger charge is -2.12. The van der Waals surface area contributed by atoms with Crippen molar-refractivity contribution in [2.24, 2.45) is 5.73 Å². The predicted molar refractivity (Wildman–Crippen MR) is 68.8 cm³/mol. The summed E-state index contributed by atoms with van der Waals surface area (Å²) in [6, 6.07) is 6.48. The molecule has 0 aromatic heterocycles. The molecule has 0 amide bonds. The van der Waals surface area contributed by atoms with Crippen LogP contribution in [-0.2, 0) is 11.3 Å². The summed E-state index contributed by atoms with van der Waals surface area (Å²) in [6.45, 7) is 3.67. The Morgan fingerprint density at radius 1 is 1.50 bits per heavy atom. The van der Waals surface area contributed by atoms with Crippen LogP contribution in [0.1, 0.15) is 24.0 Å². The summed E-state index contributed by atoms with van der Waals surface area (Å²) in [5.74, 6) is 1.05. The third-order valence-corrected chi connectivity index (χ3v) is 4.12. The van der Waals surface area contributed by atoms with Gasteiger partial charge in [-0.3, -0.25) is 0 Å². The van der Waals surface area contributed by atoms with E-state index in [1.807, 2.05) is 11.8 Å². The van der Waals surface area contributed by atoms with Gasteiger partial charge in [-0.2, -0.15) is 0 Å². The fraction of sp³-hybridized carbons (Fsp3) is 0.538. The summed E-state index contributed by atoms with van der Waals surface area (Å²) in [6.07, 6.45) is 2.86. The van der Waals surface area contributed by atoms with Gasteiger partial charge < -0.3 is 10.5 Å². The number of rotatable bonds is 4. The van der Waals surface area contributed by atoms with Gasteiger partial charge in [0.2, 0.25) is 0 Å². The molecule has 0 bridgehead atoms. The van der Waals surface area contributed by atoms with Gasteiger partial charge in [0, 0.05) is 23.8 Å². The molecular formula is C13H19NOS. The first-order chi connectivity index (χ1) is 7.79. The average molecular weight is 237 g/mol. The molecule has 1 aromatic rings. The Bertz CT molecular complexity index is 348. The second kappa shape index (κ2) is 5.71. The number of thioether (sulfide) groups is 1. The van der Waals surface area contributed by atoms with Crippen LogP contribution in [0.2, 0.25) is 0 Å². The molecule has 16 heavy (non-hydrogen) atoms. The van der Waals surface area contributed by atoms with Gasteiger partial charge in [-0.1, -0.05) is 12.1 Å². The largest absolute Gasteiger partial charge is 0.377 e. The lowest BCUT2D eigenvalue weighted by Crippen LogP contribution is -2.08. The van der Waals surface area contributed by atoms with Crippen molar-refractivity contribution in [3.8, 4) is 0 Å². The van der Waals surface area contributed by atoms with E-state index in [0.29, 0.717) is 12.6 Å². The normalized spacial score (nSPS) is 20.2. The van der Waals surface area contributed by atoms with Gasteiger partial charge in [0.05, 0.1) is 6.10 Å². The Hall–Kier alpha value is -0.510. The van der Waals surface area contributed by atoms with Crippen LogP contribution in [0, 0.1) is 6.92 Å². The van der Waals surface area contributed by atoms with Crippen LogP contribution in [-0.4, -0.2) is 18.5 Å². The Morgan fingerprint density at radius 3 is 3.06 bits per heavy atom. The van der Waals surface area contributed by atoms with E-state index in [4.69, 9.17) is 10.5 Å². The van der Waals surface area contributed by atoms with Crippen LogP contribution in [0.15, 0.2) is 23.1 Å². The molecule has 88 valence electrons. The molecule has 0 saturated carbocycles. The molecule has 1 atom stereocenters. The van der Waals surface area contributed by atoms with E-state index in [2.05, 4.69) is 25.1 Å². The van der Waals surface area contributed by atoms with Gasteiger partial charge >= 0.3 is 0 Å². The van der Waals surface area contributed by atoms with Crippen molar-refractivity contribution in [1.82, 2.24) is 0 Å². The van der Waals surface area contributed by atoms with Crippen LogP contribution in [0.4, 0.5) is 0 Å². The molecule has 2 rings (SSSR count). The molecule has 1 saturated heterocycles. The molecule has 2 nitrogen and oxygen atoms in total. The molecule has 1 heterocycles. The number of hydrogen-bond acceptors (Lipinski definition) is 3. The van der Waals surface area contributed by atoms with Crippen LogP contribution >= 0.6 is 11.8 Å². The molecule has 1 fully saturated rings. The standard InChI is InChI=1S/C13H19NOS/c1-10-4-5-11(8-14)13(7-10)16-9-12-3-2-6-15-12/h4-5,7,12H,2-3,6,8-9,14H2,1H3. The van der Waals surface area contributed by atoms with Crippen LogP contribution in [0.5, 0.6) is 0 Å². The molecular weight excluding hydrogens is 218 g/mol. The molecule has 0 spiro atoms. The quantitative estimate of drug-likeness (QED) is 0.818. The van der Waals surface area contributed by atoms with Crippen molar-refractivity contribution in [3.63, 3.8) is 0 Å². The second-order valence-electron chi connectivity index (χ2n) is 4.26. The van der Waals surface area contributed by atoms with E-state index < -0.39 is 0 Å². The van der Waals surface area contributed by atoms with Crippen LogP contribution < -0.4 is 5.73 Å². The minimum absolute atomic E-state index is 0.441. The zero-order valence-corrected chi connectivity index (χ0v) is 10.6. The van der Waals surface area contributed by atoms with Crippen LogP contribution in [0.3, 0.4) is 0 Å². The van der Waals surface area contributed by atoms with Crippen LogP contribution in [0.25, 0.3) is 0 Å². The maximum atomic E-state index is 5.74. The summed E-state index contributed by atoms with van der Waals surface area (Å²) in [4.78, 5) is 1.32. The van der Waals surface area contributed by atoms with Crippen molar-refractivity contribution >= 4 is 11.8 Å². The Balaban J connectivity index is 1.98. The van der Waals surface area contributed by atoms with Crippen molar-refractivity contribution in [1.29, 1.82) is 0 Å². The summed E-state index contributed by atoms with van der Waals surface area (Å²) < 4.78 is 5.63. The zero-order chi connectivity index (χ0) is 11.4. The average Bonchev–Trinajstić information content (AvgIpc) is 2.79. The van der Waals surface area contributed by atoms with E-state index in [-0.39, 0.29) is 0 Å². The van der Waals surface area contributed by atoms with Crippen molar-refractivity contribution in [2.75, 3.05) is 12.4 Å². The highest BCUT2D eigenvalue weighted by Gasteiger charge is 2.16. The van der Waals surface area contributed by atoms with E-state index >= 15 is 0 Å². The summed E-state index contributed by atoms with van der Waals surface area (Å²) in [5, 5.41) is 0. The number of benzene rings is 1. The molecule has 1 aromatic carbocycles. The highest BCUT2D eigenvalue weighted by Crippen LogP contribution is 2.27. The molecule has 1 unspecified atom stereocenters. The highest BCUT2D eigenvalue weighted by molar-refractivity contribution is 7.99. The second-order valence-corrected chi connectivity index (χ2v) is 5.32. The van der Waals surface area contributed by atoms with Gasteiger partial charge in [-0.05, 0) is 37.0 Å². The van der Waals surface area contributed by atoms with Gasteiger partial charge in [-0.25, -0.2) is 0 Å². The first-order valence-electron chi connectivity index (χ1n) is 5.83. The smallest absolute Gasteiger partial charge is 0.0669 e. The first kappa shape index (κ1) is 12.0. The third-order valence-electron chi connectivity index (χ3n) is 2.89. The Labute approximate surface area is 102 Å². The first-order valence-corrected chi connectivity index (χ1v) is 6.82. The maximum Gasteiger partial charge on any atom is 0.0669 e. The zero-order valence-electron chi connectivity index (χ0n) is 9.74. The highest BCUT2D eigenvalue weighted by atomic mass is 32.2. The number of aryl methyl sites for hydroxylation is 1. The van der Waals surface area contributed by atoms with E-state index in [0.717, 1.165) is 12.4 Å². The fourth-order valence-electron chi connectivity index (χ4n) is 1.92. The maximum absolute atomic E-state index is 5.74. The molecule has 1 aliphatic rings. The van der Waals surface area contributed by atoms with Gasteiger partial charge in [-0.15, -0.1) is 11.8 Å². The SMILES string of the molecule is Cc1ccc(CN)c(SCC2CCCO2)c1. The summed E-state index contributed by atoms with van der Waals surface area (Å²) in [5.41, 5.74) is 8.28. The van der Waals surface area contributed by atoms with E-state index in [1.165, 1.54) is 28.9 Å². The Kier molecular flexibility index (Phi) is 4.27. The van der Waals surface area contributed by atoms with E-state index in [1.54, 1.807) is 0 Å². The summed E-state index contributed by atoms with van der Waals surface area (Å²) in [7, 11) is 0. The minimum atomic E-state index is 0.441. The molecule has 1 aliphatic heterocycles. The molecule has 0 radical (unpaired) electrons. The van der Waals surface area contributed by atoms with Crippen molar-refractivity contribution in [3.05, 3.63) is 29.3 Å². The Morgan fingerprint density at radius 2 is 2.38 bits per heavy atom. The van der Waals surface area contributed by atoms with Gasteiger partial charge in [0.1, 0.15) is 0 Å². The van der Waals surface area contributed by atoms with Gasteiger partial charge in [0.25, 0.3) is 0 Å². The lowest BCUT2D eigenvalue weighted by molar-refractivity contribution is 0.129. The number of ether oxygens (including phenoxy) is 1.